The molecule has 2 aliphatic heterocycles. The summed E-state index contributed by atoms with van der Waals surface area (Å²) in [5.74, 6) is -0.806. The van der Waals surface area contributed by atoms with Gasteiger partial charge in [0.25, 0.3) is 0 Å². The van der Waals surface area contributed by atoms with E-state index in [1.165, 1.54) is 0 Å². The van der Waals surface area contributed by atoms with Crippen molar-refractivity contribution in [2.75, 3.05) is 13.2 Å². The van der Waals surface area contributed by atoms with E-state index in [4.69, 9.17) is 41.9 Å². The van der Waals surface area contributed by atoms with Gasteiger partial charge in [-0.25, -0.2) is 0 Å². The molecule has 2 saturated heterocycles. The molecule has 1 aliphatic carbocycles. The fraction of sp³-hybridized carbons (Fsp3) is 0.955. The maximum Gasteiger partial charge on any atom is 0.249 e. The number of rotatable bonds is 10. The minimum Gasteiger partial charge on any atom is -0.394 e. The van der Waals surface area contributed by atoms with Crippen molar-refractivity contribution in [2.24, 2.45) is 22.9 Å². The van der Waals surface area contributed by atoms with Gasteiger partial charge >= 0.3 is 0 Å². The first-order valence-corrected chi connectivity index (χ1v) is 12.9. The predicted molar refractivity (Wildman–Crippen MR) is 130 cm³/mol. The molecule has 17 nitrogen and oxygen atoms in total. The third-order valence-electron chi connectivity index (χ3n) is 7.38. The highest BCUT2D eigenvalue weighted by Crippen LogP contribution is 2.33. The number of amides is 1. The highest BCUT2D eigenvalue weighted by molar-refractivity contribution is 5.80. The minimum absolute atomic E-state index is 0.0257. The monoisotopic (exact) mass is 569 g/mol. The summed E-state index contributed by atoms with van der Waals surface area (Å²) in [6.45, 7) is 0.930. The summed E-state index contributed by atoms with van der Waals surface area (Å²) in [6, 6.07) is -4.04. The summed E-state index contributed by atoms with van der Waals surface area (Å²) in [5, 5.41) is 74.5. The molecule has 3 rings (SSSR count). The third kappa shape index (κ3) is 7.03. The summed E-state index contributed by atoms with van der Waals surface area (Å²) >= 11 is 0. The van der Waals surface area contributed by atoms with E-state index in [9.17, 15) is 40.5 Å². The van der Waals surface area contributed by atoms with E-state index in [-0.39, 0.29) is 19.4 Å². The van der Waals surface area contributed by atoms with Gasteiger partial charge in [0.15, 0.2) is 12.6 Å². The maximum absolute atomic E-state index is 12.4. The fourth-order valence-electron chi connectivity index (χ4n) is 5.04. The molecule has 2 heterocycles. The Morgan fingerprint density at radius 1 is 0.974 bits per heavy atom. The van der Waals surface area contributed by atoms with Gasteiger partial charge in [-0.3, -0.25) is 4.79 Å². The van der Waals surface area contributed by atoms with E-state index in [2.05, 4.69) is 5.32 Å². The van der Waals surface area contributed by atoms with Gasteiger partial charge in [-0.15, -0.1) is 0 Å². The number of aliphatic hydroxyl groups excluding tert-OH is 7. The number of carbonyl (C=O) groups is 1. The van der Waals surface area contributed by atoms with Crippen LogP contribution in [0.25, 0.3) is 0 Å². The number of ether oxygens (including phenoxy) is 4. The van der Waals surface area contributed by atoms with Gasteiger partial charge in [0.05, 0.1) is 18.7 Å². The molecule has 0 bridgehead atoms. The summed E-state index contributed by atoms with van der Waals surface area (Å²) in [7, 11) is 0. The molecule has 17 heteroatoms. The van der Waals surface area contributed by atoms with E-state index >= 15 is 0 Å². The van der Waals surface area contributed by atoms with Crippen LogP contribution >= 0.6 is 0 Å². The van der Waals surface area contributed by atoms with Crippen LogP contribution in [0.4, 0.5) is 0 Å². The van der Waals surface area contributed by atoms with E-state index in [0.717, 1.165) is 0 Å². The molecule has 1 saturated carbocycles. The average molecular weight is 570 g/mol. The molecule has 3 fully saturated rings. The summed E-state index contributed by atoms with van der Waals surface area (Å²) < 4.78 is 22.9. The van der Waals surface area contributed by atoms with Gasteiger partial charge in [-0.1, -0.05) is 0 Å². The lowest BCUT2D eigenvalue weighted by molar-refractivity contribution is -0.310. The molecule has 16 N–H and O–H groups in total. The zero-order chi connectivity index (χ0) is 29.2. The molecule has 3 aliphatic rings. The van der Waals surface area contributed by atoms with Crippen LogP contribution in [0.2, 0.25) is 0 Å². The second kappa shape index (κ2) is 13.7. The fourth-order valence-corrected chi connectivity index (χ4v) is 5.04. The molecule has 8 unspecified atom stereocenters. The Morgan fingerprint density at radius 2 is 1.62 bits per heavy atom. The first-order valence-electron chi connectivity index (χ1n) is 12.9. The van der Waals surface area contributed by atoms with Gasteiger partial charge in [0.2, 0.25) is 5.91 Å². The zero-order valence-corrected chi connectivity index (χ0v) is 21.5. The predicted octanol–water partition coefficient (Wildman–Crippen LogP) is -7.40. The van der Waals surface area contributed by atoms with Crippen LogP contribution in [0.1, 0.15) is 19.8 Å². The van der Waals surface area contributed by atoms with Crippen molar-refractivity contribution >= 4 is 5.91 Å². The van der Waals surface area contributed by atoms with Crippen LogP contribution in [-0.2, 0) is 23.7 Å². The second-order valence-corrected chi connectivity index (χ2v) is 10.4. The van der Waals surface area contributed by atoms with Crippen LogP contribution in [0.3, 0.4) is 0 Å². The first kappa shape index (κ1) is 32.4. The van der Waals surface area contributed by atoms with E-state index < -0.39 is 110 Å². The Hall–Kier alpha value is -1.13. The van der Waals surface area contributed by atoms with Crippen molar-refractivity contribution in [3.8, 4) is 0 Å². The molecule has 1 amide bonds. The molecule has 228 valence electrons. The zero-order valence-electron chi connectivity index (χ0n) is 21.5. The Labute approximate surface area is 224 Å². The molecule has 16 atom stereocenters. The van der Waals surface area contributed by atoms with E-state index in [1.54, 1.807) is 6.92 Å². The highest BCUT2D eigenvalue weighted by Gasteiger charge is 2.53. The lowest BCUT2D eigenvalue weighted by atomic mass is 9.83. The first-order chi connectivity index (χ1) is 18.3. The number of nitrogens with one attached hydrogen (secondary N) is 1. The Bertz CT molecular complexity index is 799. The van der Waals surface area contributed by atoms with E-state index in [1.807, 2.05) is 0 Å². The third-order valence-corrected chi connectivity index (χ3v) is 7.38. The highest BCUT2D eigenvalue weighted by atomic mass is 16.7. The molecule has 0 aromatic rings. The maximum atomic E-state index is 12.4. The van der Waals surface area contributed by atoms with Crippen molar-refractivity contribution < 1.29 is 59.5 Å². The van der Waals surface area contributed by atoms with Gasteiger partial charge < -0.3 is 82.9 Å². The Balaban J connectivity index is 1.85. The van der Waals surface area contributed by atoms with Crippen molar-refractivity contribution in [1.82, 2.24) is 5.32 Å². The van der Waals surface area contributed by atoms with Crippen LogP contribution in [-0.4, -0.2) is 153 Å². The molecule has 0 radical (unpaired) electrons. The van der Waals surface area contributed by atoms with Crippen molar-refractivity contribution in [1.29, 1.82) is 0 Å². The van der Waals surface area contributed by atoms with Gasteiger partial charge in [-0.2, -0.15) is 0 Å². The molecular formula is C22H43N5O12. The van der Waals surface area contributed by atoms with E-state index in [0.29, 0.717) is 0 Å². The summed E-state index contributed by atoms with van der Waals surface area (Å²) in [6.07, 6.45) is -17.0. The van der Waals surface area contributed by atoms with Crippen LogP contribution in [0.15, 0.2) is 0 Å². The smallest absolute Gasteiger partial charge is 0.249 e. The van der Waals surface area contributed by atoms with Crippen molar-refractivity contribution in [3.63, 3.8) is 0 Å². The molecular weight excluding hydrogens is 526 g/mol. The quantitative estimate of drug-likeness (QED) is 0.116. The lowest BCUT2D eigenvalue weighted by Gasteiger charge is -2.47. The normalized spacial score (nSPS) is 46.6. The molecule has 39 heavy (non-hydrogen) atoms. The Kier molecular flexibility index (Phi) is 11.4. The largest absolute Gasteiger partial charge is 0.394 e. The minimum atomic E-state index is -1.57. The lowest BCUT2D eigenvalue weighted by Crippen LogP contribution is -2.69. The standard InChI is InChI=1S/C22H43N5O12/c1-6(24)17-15(33)16(34)22(37-17)39-19-12(30)8(27-20(35)9(29)2-3-23)4-7(25)18(19)38-21-11(26)14(32)13(31)10(5-28)36-21/h6-19,21-22,28-34H,2-5,23-26H2,1H3,(H,27,35)/t6-,7?,8+,9-,10?,11?,12?,13+,14?,15?,16?,17+,18+,19?,21+,22-/m0/s1. The van der Waals surface area contributed by atoms with Gasteiger partial charge in [0.1, 0.15) is 61.0 Å². The van der Waals surface area contributed by atoms with Gasteiger partial charge in [-0.05, 0) is 26.3 Å². The molecule has 0 aromatic heterocycles. The Morgan fingerprint density at radius 3 is 2.18 bits per heavy atom. The number of nitrogens with two attached hydrogens (primary N) is 4. The van der Waals surface area contributed by atoms with Crippen LogP contribution in [0.5, 0.6) is 0 Å². The molecule has 0 aromatic carbocycles. The number of carbonyl (C=O) groups excluding carboxylic acids is 1. The average Bonchev–Trinajstić information content (AvgIpc) is 3.17. The SMILES string of the molecule is C[C@H](N)[C@H]1O[C@@H](OC2C(O)[C@H](NC(=O)[C@@H](O)CCN)CC(N)[C@H]2O[C@H]2OC(CO)[C@@H](O)C(O)C2N)C(O)C1O. The van der Waals surface area contributed by atoms with Crippen molar-refractivity contribution in [3.05, 3.63) is 0 Å². The summed E-state index contributed by atoms with van der Waals surface area (Å²) in [5.41, 5.74) is 23.6. The number of aliphatic hydroxyl groups is 7. The topological polar surface area (TPSA) is 312 Å². The van der Waals surface area contributed by atoms with Crippen molar-refractivity contribution in [2.45, 2.75) is 118 Å². The van der Waals surface area contributed by atoms with Gasteiger partial charge in [0, 0.05) is 12.1 Å². The van der Waals surface area contributed by atoms with Crippen LogP contribution < -0.4 is 28.3 Å². The summed E-state index contributed by atoms with van der Waals surface area (Å²) in [4.78, 5) is 12.4. The van der Waals surface area contributed by atoms with Crippen LogP contribution in [0, 0.1) is 0 Å². The second-order valence-electron chi connectivity index (χ2n) is 10.4. The number of hydrogen-bond acceptors (Lipinski definition) is 16. The molecule has 0 spiro atoms. The number of hydrogen-bond donors (Lipinski definition) is 12.